The molecule has 9 heteroatoms. The fourth-order valence-electron chi connectivity index (χ4n) is 2.65. The van der Waals surface area contributed by atoms with E-state index in [1.165, 1.54) is 30.3 Å². The minimum atomic E-state index is -4.90. The molecule has 0 bridgehead atoms. The third-order valence-electron chi connectivity index (χ3n) is 3.83. The van der Waals surface area contributed by atoms with Crippen LogP contribution < -0.4 is 10.1 Å². The Kier molecular flexibility index (Phi) is 4.85. The lowest BCUT2D eigenvalue weighted by Gasteiger charge is -2.15. The fourth-order valence-corrected chi connectivity index (χ4v) is 2.65. The van der Waals surface area contributed by atoms with Crippen LogP contribution in [-0.2, 0) is 4.79 Å². The Hall–Kier alpha value is -3.36. The van der Waals surface area contributed by atoms with E-state index in [-0.39, 0.29) is 29.8 Å². The first-order valence-electron chi connectivity index (χ1n) is 7.86. The molecule has 0 fully saturated rings. The van der Waals surface area contributed by atoms with Gasteiger partial charge in [-0.3, -0.25) is 19.3 Å². The van der Waals surface area contributed by atoms with Crippen LogP contribution in [0.1, 0.15) is 27.1 Å². The molecule has 27 heavy (non-hydrogen) atoms. The predicted octanol–water partition coefficient (Wildman–Crippen LogP) is 3.21. The Balaban J connectivity index is 1.63. The average molecular weight is 378 g/mol. The second-order valence-corrected chi connectivity index (χ2v) is 5.65. The molecule has 0 aliphatic carbocycles. The number of rotatable bonds is 5. The van der Waals surface area contributed by atoms with Crippen molar-refractivity contribution in [3.63, 3.8) is 0 Å². The molecule has 0 atom stereocenters. The molecule has 3 rings (SSSR count). The summed E-state index contributed by atoms with van der Waals surface area (Å²) >= 11 is 0. The Labute approximate surface area is 151 Å². The SMILES string of the molecule is O=C(CCN1C(=O)c2ccccc2C1=O)Nc1ccccc1OC(F)(F)F. The number of halogens is 3. The van der Waals surface area contributed by atoms with Gasteiger partial charge in [0.1, 0.15) is 0 Å². The van der Waals surface area contributed by atoms with Crippen LogP contribution in [0.15, 0.2) is 48.5 Å². The van der Waals surface area contributed by atoms with Gasteiger partial charge in [0.15, 0.2) is 5.75 Å². The molecular weight excluding hydrogens is 365 g/mol. The zero-order valence-electron chi connectivity index (χ0n) is 13.7. The molecule has 3 amide bonds. The lowest BCUT2D eigenvalue weighted by atomic mass is 10.1. The summed E-state index contributed by atoms with van der Waals surface area (Å²) in [7, 11) is 0. The lowest BCUT2D eigenvalue weighted by Crippen LogP contribution is -2.33. The van der Waals surface area contributed by atoms with Gasteiger partial charge >= 0.3 is 6.36 Å². The molecular formula is C18H13F3N2O4. The number of benzene rings is 2. The lowest BCUT2D eigenvalue weighted by molar-refractivity contribution is -0.274. The van der Waals surface area contributed by atoms with E-state index >= 15 is 0 Å². The van der Waals surface area contributed by atoms with E-state index in [2.05, 4.69) is 10.1 Å². The highest BCUT2D eigenvalue weighted by molar-refractivity contribution is 6.21. The Morgan fingerprint density at radius 2 is 1.52 bits per heavy atom. The number of hydrogen-bond donors (Lipinski definition) is 1. The highest BCUT2D eigenvalue weighted by Gasteiger charge is 2.35. The number of alkyl halides is 3. The van der Waals surface area contributed by atoms with Crippen LogP contribution in [0.3, 0.4) is 0 Å². The monoisotopic (exact) mass is 378 g/mol. The molecule has 140 valence electrons. The van der Waals surface area contributed by atoms with E-state index < -0.39 is 29.8 Å². The van der Waals surface area contributed by atoms with Crippen molar-refractivity contribution in [2.75, 3.05) is 11.9 Å². The van der Waals surface area contributed by atoms with Gasteiger partial charge in [-0.1, -0.05) is 24.3 Å². The molecule has 1 aliphatic rings. The van der Waals surface area contributed by atoms with E-state index in [1.54, 1.807) is 12.1 Å². The summed E-state index contributed by atoms with van der Waals surface area (Å²) in [5.74, 6) is -2.24. The van der Waals surface area contributed by atoms with E-state index in [1.807, 2.05) is 0 Å². The number of amides is 3. The van der Waals surface area contributed by atoms with Crippen LogP contribution in [0.4, 0.5) is 18.9 Å². The molecule has 0 saturated heterocycles. The van der Waals surface area contributed by atoms with Crippen molar-refractivity contribution in [3.8, 4) is 5.75 Å². The molecule has 0 unspecified atom stereocenters. The van der Waals surface area contributed by atoms with Crippen LogP contribution in [-0.4, -0.2) is 35.5 Å². The van der Waals surface area contributed by atoms with Crippen molar-refractivity contribution in [2.45, 2.75) is 12.8 Å². The van der Waals surface area contributed by atoms with Gasteiger partial charge in [-0.15, -0.1) is 13.2 Å². The number of imide groups is 1. The zero-order chi connectivity index (χ0) is 19.6. The first-order valence-corrected chi connectivity index (χ1v) is 7.86. The first-order chi connectivity index (χ1) is 12.8. The number of hydrogen-bond acceptors (Lipinski definition) is 4. The topological polar surface area (TPSA) is 75.7 Å². The van der Waals surface area contributed by atoms with Crippen molar-refractivity contribution in [3.05, 3.63) is 59.7 Å². The molecule has 6 nitrogen and oxygen atoms in total. The number of carbonyl (C=O) groups excluding carboxylic acids is 3. The highest BCUT2D eigenvalue weighted by atomic mass is 19.4. The van der Waals surface area contributed by atoms with Gasteiger partial charge in [-0.25, -0.2) is 0 Å². The van der Waals surface area contributed by atoms with Gasteiger partial charge in [-0.2, -0.15) is 0 Å². The van der Waals surface area contributed by atoms with Crippen molar-refractivity contribution in [2.24, 2.45) is 0 Å². The Morgan fingerprint density at radius 1 is 0.963 bits per heavy atom. The first kappa shape index (κ1) is 18.4. The molecule has 2 aromatic carbocycles. The highest BCUT2D eigenvalue weighted by Crippen LogP contribution is 2.30. The summed E-state index contributed by atoms with van der Waals surface area (Å²) in [6.45, 7) is -0.194. The summed E-state index contributed by atoms with van der Waals surface area (Å²) < 4.78 is 41.1. The Morgan fingerprint density at radius 3 is 2.11 bits per heavy atom. The van der Waals surface area contributed by atoms with Crippen molar-refractivity contribution in [1.29, 1.82) is 0 Å². The fraction of sp³-hybridized carbons (Fsp3) is 0.167. The third kappa shape index (κ3) is 4.08. The maximum Gasteiger partial charge on any atom is 0.573 e. The average Bonchev–Trinajstić information content (AvgIpc) is 2.85. The number of ether oxygens (including phenoxy) is 1. The molecule has 1 N–H and O–H groups in total. The molecule has 0 aromatic heterocycles. The van der Waals surface area contributed by atoms with Gasteiger partial charge in [0.2, 0.25) is 5.91 Å². The summed E-state index contributed by atoms with van der Waals surface area (Å²) in [4.78, 5) is 37.4. The van der Waals surface area contributed by atoms with Gasteiger partial charge in [-0.05, 0) is 24.3 Å². The quantitative estimate of drug-likeness (QED) is 0.811. The smallest absolute Gasteiger partial charge is 0.404 e. The molecule has 0 spiro atoms. The van der Waals surface area contributed by atoms with Crippen LogP contribution in [0.2, 0.25) is 0 Å². The second kappa shape index (κ2) is 7.10. The van der Waals surface area contributed by atoms with E-state index in [0.29, 0.717) is 0 Å². The van der Waals surface area contributed by atoms with Crippen LogP contribution in [0.5, 0.6) is 5.75 Å². The standard InChI is InChI=1S/C18H13F3N2O4/c19-18(20,21)27-14-8-4-3-7-13(14)22-15(24)9-10-23-16(25)11-5-1-2-6-12(11)17(23)26/h1-8H,9-10H2,(H,22,24). The number of nitrogens with zero attached hydrogens (tertiary/aromatic N) is 1. The number of para-hydroxylation sites is 2. The maximum absolute atomic E-state index is 12.4. The Bertz CT molecular complexity index is 876. The van der Waals surface area contributed by atoms with Gasteiger partial charge < -0.3 is 10.1 Å². The molecule has 1 aliphatic heterocycles. The normalized spacial score (nSPS) is 13.5. The van der Waals surface area contributed by atoms with E-state index in [9.17, 15) is 27.6 Å². The van der Waals surface area contributed by atoms with Gasteiger partial charge in [0, 0.05) is 13.0 Å². The minimum absolute atomic E-state index is 0.165. The predicted molar refractivity (Wildman–Crippen MR) is 88.2 cm³/mol. The summed E-state index contributed by atoms with van der Waals surface area (Å²) in [6.07, 6.45) is -5.17. The second-order valence-electron chi connectivity index (χ2n) is 5.65. The van der Waals surface area contributed by atoms with E-state index in [0.717, 1.165) is 11.0 Å². The van der Waals surface area contributed by atoms with Crippen molar-refractivity contribution in [1.82, 2.24) is 4.90 Å². The minimum Gasteiger partial charge on any atom is -0.404 e. The third-order valence-corrected chi connectivity index (χ3v) is 3.83. The molecule has 0 saturated carbocycles. The number of fused-ring (bicyclic) bond motifs is 1. The summed E-state index contributed by atoms with van der Waals surface area (Å²) in [5.41, 5.74) is 0.348. The number of anilines is 1. The molecule has 1 heterocycles. The number of nitrogens with one attached hydrogen (secondary N) is 1. The van der Waals surface area contributed by atoms with Crippen LogP contribution in [0.25, 0.3) is 0 Å². The largest absolute Gasteiger partial charge is 0.573 e. The molecule has 0 radical (unpaired) electrons. The summed E-state index contributed by atoms with van der Waals surface area (Å²) in [5, 5.41) is 2.29. The van der Waals surface area contributed by atoms with Crippen LogP contribution >= 0.6 is 0 Å². The number of carbonyl (C=O) groups is 3. The van der Waals surface area contributed by atoms with Crippen LogP contribution in [0, 0.1) is 0 Å². The van der Waals surface area contributed by atoms with Crippen molar-refractivity contribution >= 4 is 23.4 Å². The summed E-state index contributed by atoms with van der Waals surface area (Å²) in [6, 6.07) is 11.4. The van der Waals surface area contributed by atoms with Gasteiger partial charge in [0.25, 0.3) is 11.8 Å². The van der Waals surface area contributed by atoms with Gasteiger partial charge in [0.05, 0.1) is 16.8 Å². The zero-order valence-corrected chi connectivity index (χ0v) is 13.7. The molecule has 2 aromatic rings. The maximum atomic E-state index is 12.4. The van der Waals surface area contributed by atoms with Crippen molar-refractivity contribution < 1.29 is 32.3 Å². The van der Waals surface area contributed by atoms with E-state index in [4.69, 9.17) is 0 Å².